The van der Waals surface area contributed by atoms with Gasteiger partial charge in [0.05, 0.1) is 5.69 Å². The van der Waals surface area contributed by atoms with E-state index in [2.05, 4.69) is 170 Å². The average Bonchev–Trinajstić information content (AvgIpc) is 3.63. The summed E-state index contributed by atoms with van der Waals surface area (Å²) in [5, 5.41) is 2.57. The van der Waals surface area contributed by atoms with Crippen molar-refractivity contribution in [2.45, 2.75) is 56.8 Å². The molecule has 262 valence electrons. The average molecular weight is 696 g/mol. The Morgan fingerprint density at radius 1 is 0.463 bits per heavy atom. The molecule has 0 aromatic heterocycles. The molecule has 0 N–H and O–H groups in total. The molecule has 4 bridgehead atoms. The molecule has 54 heavy (non-hydrogen) atoms. The van der Waals surface area contributed by atoms with E-state index in [1.807, 2.05) is 0 Å². The van der Waals surface area contributed by atoms with E-state index >= 15 is 0 Å². The van der Waals surface area contributed by atoms with Crippen LogP contribution in [0.3, 0.4) is 0 Å². The van der Waals surface area contributed by atoms with Gasteiger partial charge < -0.3 is 4.90 Å². The van der Waals surface area contributed by atoms with Crippen LogP contribution in [0.25, 0.3) is 44.2 Å². The molecule has 0 unspecified atom stereocenters. The summed E-state index contributed by atoms with van der Waals surface area (Å²) < 4.78 is 0. The van der Waals surface area contributed by atoms with Crippen LogP contribution >= 0.6 is 0 Å². The number of benzene rings is 7. The van der Waals surface area contributed by atoms with Gasteiger partial charge >= 0.3 is 0 Å². The molecule has 4 saturated carbocycles. The highest BCUT2D eigenvalue weighted by molar-refractivity contribution is 5.98. The Bertz CT molecular complexity index is 2630. The number of nitrogens with zero attached hydrogens (tertiary/aromatic N) is 1. The smallest absolute Gasteiger partial charge is 0.0543 e. The second kappa shape index (κ2) is 11.1. The first-order valence-electron chi connectivity index (χ1n) is 20.4. The van der Waals surface area contributed by atoms with Crippen molar-refractivity contribution >= 4 is 27.8 Å². The molecule has 7 aromatic carbocycles. The van der Waals surface area contributed by atoms with E-state index in [9.17, 15) is 0 Å². The van der Waals surface area contributed by atoms with Crippen LogP contribution in [0.4, 0.5) is 17.1 Å². The van der Waals surface area contributed by atoms with Crippen molar-refractivity contribution in [2.75, 3.05) is 4.90 Å². The van der Waals surface area contributed by atoms with Gasteiger partial charge in [-0.05, 0) is 147 Å². The van der Waals surface area contributed by atoms with Gasteiger partial charge in [0.25, 0.3) is 0 Å². The van der Waals surface area contributed by atoms with Gasteiger partial charge in [-0.1, -0.05) is 135 Å². The van der Waals surface area contributed by atoms with Gasteiger partial charge in [0.1, 0.15) is 0 Å². The predicted octanol–water partition coefficient (Wildman–Crippen LogP) is 14.0. The predicted molar refractivity (Wildman–Crippen MR) is 225 cm³/mol. The van der Waals surface area contributed by atoms with Gasteiger partial charge in [0.15, 0.2) is 0 Å². The van der Waals surface area contributed by atoms with Crippen LogP contribution in [0, 0.1) is 23.7 Å². The minimum absolute atomic E-state index is 0.0736. The zero-order chi connectivity index (χ0) is 35.8. The van der Waals surface area contributed by atoms with Crippen molar-refractivity contribution in [1.82, 2.24) is 0 Å². The summed E-state index contributed by atoms with van der Waals surface area (Å²) in [4.78, 5) is 2.59. The Morgan fingerprint density at radius 2 is 1.06 bits per heavy atom. The second-order valence-electron chi connectivity index (χ2n) is 17.7. The summed E-state index contributed by atoms with van der Waals surface area (Å²) in [6.45, 7) is 4.79. The van der Waals surface area contributed by atoms with E-state index < -0.39 is 0 Å². The van der Waals surface area contributed by atoms with Crippen molar-refractivity contribution in [3.63, 3.8) is 0 Å². The minimum Gasteiger partial charge on any atom is -0.310 e. The van der Waals surface area contributed by atoms with Crippen molar-refractivity contribution in [2.24, 2.45) is 23.7 Å². The fourth-order valence-electron chi connectivity index (χ4n) is 12.9. The lowest BCUT2D eigenvalue weighted by Gasteiger charge is -2.61. The van der Waals surface area contributed by atoms with Crippen LogP contribution in [-0.2, 0) is 10.8 Å². The van der Waals surface area contributed by atoms with Crippen LogP contribution in [0.15, 0.2) is 152 Å². The van der Waals surface area contributed by atoms with Crippen molar-refractivity contribution in [3.8, 4) is 33.4 Å². The molecule has 13 rings (SSSR count). The molecule has 0 aliphatic heterocycles. The standard InChI is InChI=1S/C53H45N/c1-52(2)46-17-7-6-15-45(46)51-48(52)19-10-20-50(51)54(39-23-21-36(22-24-39)42-16-9-12-35-11-3-4-13-41(35)42)40-25-26-44-43-14-5-8-18-47(43)53(49(44)32-40)37-28-33-27-34(30-37)31-38(53)29-33/h3-26,32-34,37-38H,27-31H2,1-2H3. The molecule has 7 aromatic rings. The first-order valence-corrected chi connectivity index (χ1v) is 20.4. The normalized spacial score (nSPS) is 24.7. The Labute approximate surface area is 319 Å². The minimum atomic E-state index is -0.0736. The van der Waals surface area contributed by atoms with Crippen LogP contribution in [-0.4, -0.2) is 0 Å². The summed E-state index contributed by atoms with van der Waals surface area (Å²) >= 11 is 0. The molecule has 1 heteroatoms. The first kappa shape index (κ1) is 31.0. The number of hydrogen-bond donors (Lipinski definition) is 0. The zero-order valence-electron chi connectivity index (χ0n) is 31.2. The third kappa shape index (κ3) is 4.05. The van der Waals surface area contributed by atoms with Gasteiger partial charge in [-0.2, -0.15) is 0 Å². The van der Waals surface area contributed by atoms with Crippen LogP contribution in [0.2, 0.25) is 0 Å². The Morgan fingerprint density at radius 3 is 1.85 bits per heavy atom. The number of rotatable bonds is 4. The second-order valence-corrected chi connectivity index (χ2v) is 17.7. The van der Waals surface area contributed by atoms with Gasteiger partial charge in [0, 0.05) is 27.8 Å². The molecule has 1 nitrogen and oxygen atoms in total. The highest BCUT2D eigenvalue weighted by atomic mass is 15.1. The lowest BCUT2D eigenvalue weighted by molar-refractivity contribution is -0.0399. The summed E-state index contributed by atoms with van der Waals surface area (Å²) in [6, 6.07) is 58.0. The zero-order valence-corrected chi connectivity index (χ0v) is 31.2. The molecule has 0 atom stereocenters. The molecule has 1 spiro atoms. The SMILES string of the molecule is CC1(C)c2ccccc2-c2c(N(c3ccc(-c4cccc5ccccc45)cc3)c3ccc4c(c3)C3(c5ccccc5-4)C4CC5CC(C4)CC3C5)cccc21. The lowest BCUT2D eigenvalue weighted by Crippen LogP contribution is -2.55. The molecule has 4 fully saturated rings. The monoisotopic (exact) mass is 695 g/mol. The third-order valence-electron chi connectivity index (χ3n) is 14.8. The van der Waals surface area contributed by atoms with Crippen LogP contribution < -0.4 is 4.90 Å². The van der Waals surface area contributed by atoms with Crippen molar-refractivity contribution < 1.29 is 0 Å². The van der Waals surface area contributed by atoms with Crippen LogP contribution in [0.5, 0.6) is 0 Å². The maximum absolute atomic E-state index is 2.65. The molecule has 6 aliphatic rings. The highest BCUT2D eigenvalue weighted by Gasteiger charge is 2.61. The van der Waals surface area contributed by atoms with E-state index in [1.165, 1.54) is 104 Å². The number of hydrogen-bond acceptors (Lipinski definition) is 1. The largest absolute Gasteiger partial charge is 0.310 e. The van der Waals surface area contributed by atoms with E-state index in [-0.39, 0.29) is 10.8 Å². The lowest BCUT2D eigenvalue weighted by atomic mass is 9.43. The Balaban J connectivity index is 1.08. The molecule has 0 heterocycles. The molecule has 0 saturated heterocycles. The van der Waals surface area contributed by atoms with Crippen LogP contribution in [0.1, 0.15) is 68.2 Å². The molecular formula is C53H45N. The summed E-state index contributed by atoms with van der Waals surface area (Å²) in [5.41, 5.74) is 18.0. The van der Waals surface area contributed by atoms with E-state index in [0.29, 0.717) is 0 Å². The van der Waals surface area contributed by atoms with Crippen molar-refractivity contribution in [3.05, 3.63) is 174 Å². The van der Waals surface area contributed by atoms with Gasteiger partial charge in [-0.15, -0.1) is 0 Å². The fourth-order valence-corrected chi connectivity index (χ4v) is 12.9. The number of anilines is 3. The van der Waals surface area contributed by atoms with Crippen molar-refractivity contribution in [1.29, 1.82) is 0 Å². The fraction of sp³-hybridized carbons (Fsp3) is 0.245. The highest BCUT2D eigenvalue weighted by Crippen LogP contribution is 2.69. The molecule has 0 amide bonds. The van der Waals surface area contributed by atoms with E-state index in [0.717, 1.165) is 23.7 Å². The summed E-state index contributed by atoms with van der Waals surface area (Å²) in [5.74, 6) is 3.30. The maximum atomic E-state index is 2.65. The van der Waals surface area contributed by atoms with E-state index in [4.69, 9.17) is 0 Å². The molecule has 6 aliphatic carbocycles. The summed E-state index contributed by atoms with van der Waals surface area (Å²) in [6.07, 6.45) is 7.03. The molecular weight excluding hydrogens is 651 g/mol. The quantitative estimate of drug-likeness (QED) is 0.177. The Hall–Kier alpha value is -5.40. The maximum Gasteiger partial charge on any atom is 0.0543 e. The van der Waals surface area contributed by atoms with Gasteiger partial charge in [-0.25, -0.2) is 0 Å². The molecule has 0 radical (unpaired) electrons. The first-order chi connectivity index (χ1) is 26.5. The summed E-state index contributed by atoms with van der Waals surface area (Å²) in [7, 11) is 0. The topological polar surface area (TPSA) is 3.24 Å². The van der Waals surface area contributed by atoms with E-state index in [1.54, 1.807) is 11.1 Å². The number of fused-ring (bicyclic) bond motifs is 7. The van der Waals surface area contributed by atoms with Gasteiger partial charge in [0.2, 0.25) is 0 Å². The Kier molecular flexibility index (Phi) is 6.36. The third-order valence-corrected chi connectivity index (χ3v) is 14.8. The van der Waals surface area contributed by atoms with Gasteiger partial charge in [-0.3, -0.25) is 0 Å².